The van der Waals surface area contributed by atoms with E-state index in [1.54, 1.807) is 0 Å². The van der Waals surface area contributed by atoms with Gasteiger partial charge in [0.15, 0.2) is 0 Å². The summed E-state index contributed by atoms with van der Waals surface area (Å²) in [6.07, 6.45) is 4.98. The van der Waals surface area contributed by atoms with Gasteiger partial charge in [0.05, 0.1) is 12.2 Å². The maximum atomic E-state index is 11.3. The van der Waals surface area contributed by atoms with Gasteiger partial charge in [-0.25, -0.2) is 0 Å². The highest BCUT2D eigenvalue weighted by Crippen LogP contribution is 2.31. The first-order valence-corrected chi connectivity index (χ1v) is 9.79. The first-order chi connectivity index (χ1) is 12.5. The summed E-state index contributed by atoms with van der Waals surface area (Å²) in [6.45, 7) is 5.31. The Balaban J connectivity index is 0.000000190. The minimum Gasteiger partial charge on any atom is -0.465 e. The minimum atomic E-state index is -0.590. The second-order valence-corrected chi connectivity index (χ2v) is 7.45. The van der Waals surface area contributed by atoms with Gasteiger partial charge in [0.2, 0.25) is 0 Å². The number of rotatable bonds is 3. The fourth-order valence-corrected chi connectivity index (χ4v) is 3.64. The monoisotopic (exact) mass is 362 g/mol. The first kappa shape index (κ1) is 20.9. The Bertz CT molecular complexity index is 541. The molecule has 0 saturated carbocycles. The maximum absolute atomic E-state index is 11.3. The average molecular weight is 363 g/mol. The zero-order chi connectivity index (χ0) is 19.0. The van der Waals surface area contributed by atoms with Gasteiger partial charge >= 0.3 is 5.97 Å². The maximum Gasteiger partial charge on any atom is 0.323 e. The van der Waals surface area contributed by atoms with Crippen LogP contribution in [0.5, 0.6) is 0 Å². The molecule has 1 aromatic rings. The van der Waals surface area contributed by atoms with Crippen molar-refractivity contribution < 1.29 is 14.6 Å². The summed E-state index contributed by atoms with van der Waals surface area (Å²) in [6, 6.07) is 10.0. The van der Waals surface area contributed by atoms with Crippen molar-refractivity contribution in [3.63, 3.8) is 0 Å². The van der Waals surface area contributed by atoms with Gasteiger partial charge in [-0.1, -0.05) is 36.8 Å². The Kier molecular flexibility index (Phi) is 8.07. The van der Waals surface area contributed by atoms with Crippen molar-refractivity contribution in [3.8, 4) is 0 Å². The number of nitrogens with zero attached hydrogens (tertiary/aromatic N) is 2. The molecule has 0 radical (unpaired) electrons. The fraction of sp³-hybridized carbons (Fsp3) is 0.667. The third-order valence-electron chi connectivity index (χ3n) is 5.45. The molecule has 0 bridgehead atoms. The molecule has 1 unspecified atom stereocenters. The molecule has 1 N–H and O–H groups in total. The molecule has 5 nitrogen and oxygen atoms in total. The molecule has 2 aliphatic rings. The highest BCUT2D eigenvalue weighted by molar-refractivity contribution is 5.75. The summed E-state index contributed by atoms with van der Waals surface area (Å²) >= 11 is 0. The number of ether oxygens (including phenoxy) is 1. The second-order valence-electron chi connectivity index (χ2n) is 7.45. The molecular formula is C21H34N2O3. The van der Waals surface area contributed by atoms with Crippen molar-refractivity contribution in [1.29, 1.82) is 0 Å². The van der Waals surface area contributed by atoms with E-state index in [2.05, 4.69) is 16.8 Å². The molecule has 5 heteroatoms. The van der Waals surface area contributed by atoms with Gasteiger partial charge in [0.1, 0.15) is 6.04 Å². The lowest BCUT2D eigenvalue weighted by Gasteiger charge is -2.36. The number of aliphatic hydroxyl groups is 1. The van der Waals surface area contributed by atoms with E-state index in [1.807, 2.05) is 44.3 Å². The van der Waals surface area contributed by atoms with Crippen molar-refractivity contribution in [2.45, 2.75) is 50.7 Å². The van der Waals surface area contributed by atoms with Crippen LogP contribution in [-0.4, -0.2) is 67.3 Å². The molecule has 3 rings (SSSR count). The molecule has 26 heavy (non-hydrogen) atoms. The summed E-state index contributed by atoms with van der Waals surface area (Å²) in [5.41, 5.74) is 0.474. The molecule has 1 atom stereocenters. The van der Waals surface area contributed by atoms with Gasteiger partial charge in [0, 0.05) is 13.1 Å². The number of likely N-dealkylation sites (N-methyl/N-ethyl adjacent to an activating group) is 1. The Morgan fingerprint density at radius 2 is 1.81 bits per heavy atom. The Hall–Kier alpha value is -1.43. The van der Waals surface area contributed by atoms with Crippen molar-refractivity contribution in [3.05, 3.63) is 35.9 Å². The smallest absolute Gasteiger partial charge is 0.323 e. The topological polar surface area (TPSA) is 53.0 Å². The van der Waals surface area contributed by atoms with E-state index in [0.717, 1.165) is 50.9 Å². The fourth-order valence-electron chi connectivity index (χ4n) is 3.64. The lowest BCUT2D eigenvalue weighted by Crippen LogP contribution is -2.42. The largest absolute Gasteiger partial charge is 0.465 e. The van der Waals surface area contributed by atoms with Crippen LogP contribution in [0.25, 0.3) is 0 Å². The zero-order valence-corrected chi connectivity index (χ0v) is 16.5. The number of benzene rings is 1. The summed E-state index contributed by atoms with van der Waals surface area (Å²) < 4.78 is 4.97. The molecule has 2 fully saturated rings. The quantitative estimate of drug-likeness (QED) is 0.838. The van der Waals surface area contributed by atoms with Gasteiger partial charge in [-0.05, 0) is 58.8 Å². The molecule has 0 aromatic heterocycles. The van der Waals surface area contributed by atoms with E-state index < -0.39 is 5.60 Å². The van der Waals surface area contributed by atoms with Crippen molar-refractivity contribution >= 4 is 5.97 Å². The van der Waals surface area contributed by atoms with Gasteiger partial charge in [-0.2, -0.15) is 0 Å². The predicted molar refractivity (Wildman–Crippen MR) is 104 cm³/mol. The first-order valence-electron chi connectivity index (χ1n) is 9.79. The number of carbonyl (C=O) groups is 1. The standard InChI is InChI=1S/C12H17NO.C9H17NO2/c1-13-9-7-12(14,8-10-13)11-5-3-2-4-6-11;1-3-12-9(11)8-6-4-5-7-10(8)2/h2-6,14H,7-10H2,1H3;8H,3-7H2,1-2H3. The lowest BCUT2D eigenvalue weighted by molar-refractivity contribution is -0.150. The van der Waals surface area contributed by atoms with Crippen LogP contribution in [0, 0.1) is 0 Å². The number of hydrogen-bond acceptors (Lipinski definition) is 5. The van der Waals surface area contributed by atoms with Crippen molar-refractivity contribution in [1.82, 2.24) is 9.80 Å². The molecular weight excluding hydrogens is 328 g/mol. The molecule has 0 aliphatic carbocycles. The van der Waals surface area contributed by atoms with E-state index in [9.17, 15) is 9.90 Å². The van der Waals surface area contributed by atoms with Crippen LogP contribution in [-0.2, 0) is 15.1 Å². The summed E-state index contributed by atoms with van der Waals surface area (Å²) in [7, 11) is 4.09. The van der Waals surface area contributed by atoms with Crippen LogP contribution in [0.1, 0.15) is 44.6 Å². The third kappa shape index (κ3) is 5.79. The molecule has 2 heterocycles. The van der Waals surface area contributed by atoms with Crippen molar-refractivity contribution in [2.75, 3.05) is 40.3 Å². The number of esters is 1. The van der Waals surface area contributed by atoms with E-state index in [-0.39, 0.29) is 12.0 Å². The van der Waals surface area contributed by atoms with Gasteiger partial charge < -0.3 is 14.7 Å². The van der Waals surface area contributed by atoms with E-state index in [4.69, 9.17) is 4.74 Å². The summed E-state index contributed by atoms with van der Waals surface area (Å²) in [5.74, 6) is -0.0558. The Morgan fingerprint density at radius 1 is 1.15 bits per heavy atom. The van der Waals surface area contributed by atoms with Crippen LogP contribution in [0.3, 0.4) is 0 Å². The van der Waals surface area contributed by atoms with Crippen LogP contribution < -0.4 is 0 Å². The average Bonchev–Trinajstić information content (AvgIpc) is 2.66. The van der Waals surface area contributed by atoms with E-state index >= 15 is 0 Å². The summed E-state index contributed by atoms with van der Waals surface area (Å²) in [5, 5.41) is 10.4. The molecule has 2 saturated heterocycles. The molecule has 2 aliphatic heterocycles. The normalized spacial score (nSPS) is 23.6. The van der Waals surface area contributed by atoms with E-state index in [0.29, 0.717) is 6.61 Å². The molecule has 1 aromatic carbocycles. The lowest BCUT2D eigenvalue weighted by atomic mass is 9.85. The van der Waals surface area contributed by atoms with Gasteiger partial charge in [0.25, 0.3) is 0 Å². The van der Waals surface area contributed by atoms with Crippen molar-refractivity contribution in [2.24, 2.45) is 0 Å². The number of piperidine rings is 2. The van der Waals surface area contributed by atoms with Crippen LogP contribution in [0.15, 0.2) is 30.3 Å². The highest BCUT2D eigenvalue weighted by atomic mass is 16.5. The number of likely N-dealkylation sites (tertiary alicyclic amines) is 2. The highest BCUT2D eigenvalue weighted by Gasteiger charge is 2.32. The Labute approximate surface area is 157 Å². The van der Waals surface area contributed by atoms with Crippen LogP contribution >= 0.6 is 0 Å². The number of carbonyl (C=O) groups excluding carboxylic acids is 1. The second kappa shape index (κ2) is 10.0. The zero-order valence-electron chi connectivity index (χ0n) is 16.5. The summed E-state index contributed by atoms with van der Waals surface area (Å²) in [4.78, 5) is 15.7. The predicted octanol–water partition coefficient (Wildman–Crippen LogP) is 2.63. The number of hydrogen-bond donors (Lipinski definition) is 1. The molecule has 146 valence electrons. The van der Waals surface area contributed by atoms with Crippen LogP contribution in [0.4, 0.5) is 0 Å². The minimum absolute atomic E-state index is 0.0127. The van der Waals surface area contributed by atoms with Gasteiger partial charge in [-0.15, -0.1) is 0 Å². The third-order valence-corrected chi connectivity index (χ3v) is 5.45. The van der Waals surface area contributed by atoms with Crippen LogP contribution in [0.2, 0.25) is 0 Å². The molecule has 0 spiro atoms. The Morgan fingerprint density at radius 3 is 2.38 bits per heavy atom. The molecule has 0 amide bonds. The SMILES string of the molecule is CCOC(=O)C1CCCCN1C.CN1CCC(O)(c2ccccc2)CC1. The van der Waals surface area contributed by atoms with Gasteiger partial charge in [-0.3, -0.25) is 9.69 Å². The van der Waals surface area contributed by atoms with E-state index in [1.165, 1.54) is 6.42 Å².